The number of rotatable bonds is 5. The average Bonchev–Trinajstić information content (AvgIpc) is 3.19. The van der Waals surface area contributed by atoms with E-state index >= 15 is 0 Å². The molecule has 8 heteroatoms. The van der Waals surface area contributed by atoms with Crippen LogP contribution in [0.3, 0.4) is 0 Å². The first-order chi connectivity index (χ1) is 14.3. The molecule has 3 rings (SSSR count). The van der Waals surface area contributed by atoms with Gasteiger partial charge in [0.2, 0.25) is 5.76 Å². The second kappa shape index (κ2) is 9.04. The van der Waals surface area contributed by atoms with Crippen molar-refractivity contribution in [2.45, 2.75) is 13.8 Å². The van der Waals surface area contributed by atoms with E-state index in [0.717, 1.165) is 11.1 Å². The maximum absolute atomic E-state index is 13.0. The highest BCUT2D eigenvalue weighted by Gasteiger charge is 2.17. The molecule has 0 saturated heterocycles. The predicted molar refractivity (Wildman–Crippen MR) is 107 cm³/mol. The Kier molecular flexibility index (Phi) is 6.26. The minimum Gasteiger partial charge on any atom is -0.450 e. The van der Waals surface area contributed by atoms with Crippen LogP contribution in [-0.2, 0) is 9.53 Å². The lowest BCUT2D eigenvalue weighted by Crippen LogP contribution is -2.37. The van der Waals surface area contributed by atoms with Gasteiger partial charge in [-0.2, -0.15) is 0 Å². The third-order valence-corrected chi connectivity index (χ3v) is 4.15. The van der Waals surface area contributed by atoms with E-state index in [2.05, 4.69) is 10.6 Å². The van der Waals surface area contributed by atoms with Gasteiger partial charge in [0, 0.05) is 11.3 Å². The van der Waals surface area contributed by atoms with Gasteiger partial charge in [0.15, 0.2) is 6.61 Å². The molecule has 0 unspecified atom stereocenters. The second-order valence-electron chi connectivity index (χ2n) is 6.57. The molecule has 0 fully saturated rings. The summed E-state index contributed by atoms with van der Waals surface area (Å²) in [5, 5.41) is 4.64. The Morgan fingerprint density at radius 3 is 2.43 bits per heavy atom. The molecule has 1 aromatic heterocycles. The molecule has 30 heavy (non-hydrogen) atoms. The summed E-state index contributed by atoms with van der Waals surface area (Å²) in [6.45, 7) is 3.10. The molecule has 3 aromatic rings. The van der Waals surface area contributed by atoms with E-state index in [1.54, 1.807) is 6.07 Å². The van der Waals surface area contributed by atoms with E-state index in [4.69, 9.17) is 9.15 Å². The van der Waals surface area contributed by atoms with Gasteiger partial charge in [-0.15, -0.1) is 0 Å². The predicted octanol–water partition coefficient (Wildman–Crippen LogP) is 4.21. The summed E-state index contributed by atoms with van der Waals surface area (Å²) in [5.74, 6) is -1.83. The fraction of sp³-hybridized carbons (Fsp3) is 0.136. The number of esters is 1. The molecular formula is C22H19FN2O5. The summed E-state index contributed by atoms with van der Waals surface area (Å²) < 4.78 is 23.2. The molecule has 0 spiro atoms. The molecule has 0 saturated carbocycles. The molecule has 0 aliphatic rings. The van der Waals surface area contributed by atoms with Crippen molar-refractivity contribution in [3.8, 4) is 11.3 Å². The summed E-state index contributed by atoms with van der Waals surface area (Å²) >= 11 is 0. The van der Waals surface area contributed by atoms with E-state index in [9.17, 15) is 18.8 Å². The largest absolute Gasteiger partial charge is 0.450 e. The number of nitrogens with one attached hydrogen (secondary N) is 2. The SMILES string of the molecule is Cc1ccc(NC(=O)NC(=O)COC(=O)c2ccc(-c3ccc(F)cc3)o2)c(C)c1. The highest BCUT2D eigenvalue weighted by molar-refractivity contribution is 6.02. The van der Waals surface area contributed by atoms with Crippen LogP contribution < -0.4 is 10.6 Å². The van der Waals surface area contributed by atoms with E-state index in [0.29, 0.717) is 17.0 Å². The summed E-state index contributed by atoms with van der Waals surface area (Å²) in [7, 11) is 0. The zero-order valence-corrected chi connectivity index (χ0v) is 16.3. The number of benzene rings is 2. The molecular weight excluding hydrogens is 391 g/mol. The standard InChI is InChI=1S/C22H19FN2O5/c1-13-3-8-17(14(2)11-13)24-22(28)25-20(26)12-29-21(27)19-10-9-18(30-19)15-4-6-16(23)7-5-15/h3-11H,12H2,1-2H3,(H2,24,25,26,28). The van der Waals surface area contributed by atoms with Crippen LogP contribution in [0.1, 0.15) is 21.7 Å². The van der Waals surface area contributed by atoms with Crippen LogP contribution in [0, 0.1) is 19.7 Å². The van der Waals surface area contributed by atoms with Crippen molar-refractivity contribution in [3.63, 3.8) is 0 Å². The van der Waals surface area contributed by atoms with Gasteiger partial charge in [-0.1, -0.05) is 17.7 Å². The number of hydrogen-bond donors (Lipinski definition) is 2. The van der Waals surface area contributed by atoms with Crippen LogP contribution in [0.4, 0.5) is 14.9 Å². The smallest absolute Gasteiger partial charge is 0.374 e. The van der Waals surface area contributed by atoms with Gasteiger partial charge in [-0.3, -0.25) is 10.1 Å². The number of amides is 3. The number of hydrogen-bond acceptors (Lipinski definition) is 5. The molecule has 154 valence electrons. The Morgan fingerprint density at radius 2 is 1.73 bits per heavy atom. The lowest BCUT2D eigenvalue weighted by atomic mass is 10.1. The van der Waals surface area contributed by atoms with Crippen molar-refractivity contribution in [1.29, 1.82) is 0 Å². The second-order valence-corrected chi connectivity index (χ2v) is 6.57. The molecule has 0 aliphatic heterocycles. The first-order valence-corrected chi connectivity index (χ1v) is 9.03. The molecule has 2 aromatic carbocycles. The third-order valence-electron chi connectivity index (χ3n) is 4.15. The van der Waals surface area contributed by atoms with Gasteiger partial charge in [-0.05, 0) is 61.9 Å². The van der Waals surface area contributed by atoms with Gasteiger partial charge < -0.3 is 14.5 Å². The van der Waals surface area contributed by atoms with Crippen LogP contribution in [0.2, 0.25) is 0 Å². The molecule has 7 nitrogen and oxygen atoms in total. The summed E-state index contributed by atoms with van der Waals surface area (Å²) in [6, 6.07) is 13.2. The lowest BCUT2D eigenvalue weighted by Gasteiger charge is -2.10. The highest BCUT2D eigenvalue weighted by atomic mass is 19.1. The van der Waals surface area contributed by atoms with Gasteiger partial charge >= 0.3 is 12.0 Å². The van der Waals surface area contributed by atoms with E-state index in [-0.39, 0.29) is 5.76 Å². The number of halogens is 1. The van der Waals surface area contributed by atoms with E-state index < -0.39 is 30.3 Å². The lowest BCUT2D eigenvalue weighted by molar-refractivity contribution is -0.123. The van der Waals surface area contributed by atoms with Crippen LogP contribution in [0.15, 0.2) is 59.0 Å². The van der Waals surface area contributed by atoms with Crippen molar-refractivity contribution < 1.29 is 27.9 Å². The number of imide groups is 1. The van der Waals surface area contributed by atoms with Crippen molar-refractivity contribution in [2.75, 3.05) is 11.9 Å². The molecule has 0 bridgehead atoms. The topological polar surface area (TPSA) is 97.6 Å². The Morgan fingerprint density at radius 1 is 1.00 bits per heavy atom. The molecule has 0 radical (unpaired) electrons. The molecule has 0 aliphatic carbocycles. The molecule has 2 N–H and O–H groups in total. The normalized spacial score (nSPS) is 10.4. The number of furan rings is 1. The number of carbonyl (C=O) groups is 3. The van der Waals surface area contributed by atoms with Crippen molar-refractivity contribution in [2.24, 2.45) is 0 Å². The summed E-state index contributed by atoms with van der Waals surface area (Å²) in [5.41, 5.74) is 3.03. The van der Waals surface area contributed by atoms with E-state index in [1.807, 2.05) is 26.0 Å². The van der Waals surface area contributed by atoms with E-state index in [1.165, 1.54) is 36.4 Å². The number of anilines is 1. The minimum absolute atomic E-state index is 0.123. The Labute approximate surface area is 171 Å². The number of carbonyl (C=O) groups excluding carboxylic acids is 3. The Hall–Kier alpha value is -3.94. The maximum atomic E-state index is 13.0. The first kappa shape index (κ1) is 20.8. The van der Waals surface area contributed by atoms with Crippen LogP contribution in [0.5, 0.6) is 0 Å². The zero-order chi connectivity index (χ0) is 21.7. The van der Waals surface area contributed by atoms with Crippen LogP contribution in [-0.4, -0.2) is 24.5 Å². The Balaban J connectivity index is 1.50. The van der Waals surface area contributed by atoms with Gasteiger partial charge in [0.1, 0.15) is 11.6 Å². The Bertz CT molecular complexity index is 1090. The first-order valence-electron chi connectivity index (χ1n) is 9.03. The monoisotopic (exact) mass is 410 g/mol. The van der Waals surface area contributed by atoms with Crippen LogP contribution in [0.25, 0.3) is 11.3 Å². The third kappa shape index (κ3) is 5.32. The zero-order valence-electron chi connectivity index (χ0n) is 16.3. The highest BCUT2D eigenvalue weighted by Crippen LogP contribution is 2.22. The summed E-state index contributed by atoms with van der Waals surface area (Å²) in [6.07, 6.45) is 0. The average molecular weight is 410 g/mol. The fourth-order valence-corrected chi connectivity index (χ4v) is 2.69. The number of aryl methyl sites for hydroxylation is 2. The molecule has 3 amide bonds. The van der Waals surface area contributed by atoms with Gasteiger partial charge in [0.25, 0.3) is 5.91 Å². The maximum Gasteiger partial charge on any atom is 0.374 e. The molecule has 0 atom stereocenters. The van der Waals surface area contributed by atoms with Crippen molar-refractivity contribution in [3.05, 3.63) is 77.3 Å². The number of ether oxygens (including phenoxy) is 1. The van der Waals surface area contributed by atoms with Gasteiger partial charge in [-0.25, -0.2) is 14.0 Å². The fourth-order valence-electron chi connectivity index (χ4n) is 2.69. The number of urea groups is 1. The summed E-state index contributed by atoms with van der Waals surface area (Å²) in [4.78, 5) is 35.8. The minimum atomic E-state index is -0.867. The van der Waals surface area contributed by atoms with Crippen molar-refractivity contribution in [1.82, 2.24) is 5.32 Å². The van der Waals surface area contributed by atoms with Crippen LogP contribution >= 0.6 is 0 Å². The van der Waals surface area contributed by atoms with Crippen molar-refractivity contribution >= 4 is 23.6 Å². The molecule has 1 heterocycles. The quantitative estimate of drug-likeness (QED) is 0.614. The van der Waals surface area contributed by atoms with Gasteiger partial charge in [0.05, 0.1) is 0 Å².